The number of para-hydroxylation sites is 1. The molecule has 108 valence electrons. The third-order valence-electron chi connectivity index (χ3n) is 3.08. The van der Waals surface area contributed by atoms with Gasteiger partial charge in [-0.05, 0) is 32.1 Å². The summed E-state index contributed by atoms with van der Waals surface area (Å²) in [5.41, 5.74) is 2.29. The van der Waals surface area contributed by atoms with E-state index in [1.165, 1.54) is 6.08 Å². The highest BCUT2D eigenvalue weighted by Crippen LogP contribution is 2.30. The Hall–Kier alpha value is -2.55. The first-order valence-corrected chi connectivity index (χ1v) is 6.85. The number of carbonyl (C=O) groups is 1. The van der Waals surface area contributed by atoms with Gasteiger partial charge in [0.25, 0.3) is 0 Å². The Balaban J connectivity index is 2.19. The summed E-state index contributed by atoms with van der Waals surface area (Å²) < 4.78 is 5.31. The minimum atomic E-state index is -0.101. The van der Waals surface area contributed by atoms with Crippen LogP contribution < -0.4 is 4.74 Å². The lowest BCUT2D eigenvalue weighted by Crippen LogP contribution is -1.94. The molecule has 0 amide bonds. The molecule has 21 heavy (non-hydrogen) atoms. The maximum atomic E-state index is 12.1. The maximum absolute atomic E-state index is 12.1. The highest BCUT2D eigenvalue weighted by Gasteiger charge is 2.06. The van der Waals surface area contributed by atoms with Gasteiger partial charge in [-0.3, -0.25) is 4.79 Å². The highest BCUT2D eigenvalue weighted by molar-refractivity contribution is 6.07. The average Bonchev–Trinajstić information content (AvgIpc) is 2.49. The van der Waals surface area contributed by atoms with Crippen LogP contribution in [0.15, 0.2) is 48.5 Å². The molecule has 1 N–H and O–H groups in total. The topological polar surface area (TPSA) is 46.5 Å². The fourth-order valence-electron chi connectivity index (χ4n) is 1.93. The normalized spacial score (nSPS) is 10.8. The van der Waals surface area contributed by atoms with E-state index < -0.39 is 0 Å². The van der Waals surface area contributed by atoms with Crippen LogP contribution in [0, 0.1) is 6.92 Å². The summed E-state index contributed by atoms with van der Waals surface area (Å²) in [5, 5.41) is 10.1. The van der Waals surface area contributed by atoms with Gasteiger partial charge < -0.3 is 9.84 Å². The van der Waals surface area contributed by atoms with E-state index in [1.807, 2.05) is 26.0 Å². The number of carbonyl (C=O) groups excluding carboxylic acids is 1. The van der Waals surface area contributed by atoms with E-state index in [-0.39, 0.29) is 11.5 Å². The fraction of sp³-hybridized carbons (Fsp3) is 0.167. The molecule has 3 heteroatoms. The zero-order valence-corrected chi connectivity index (χ0v) is 12.2. The molecular weight excluding hydrogens is 264 g/mol. The molecule has 2 rings (SSSR count). The van der Waals surface area contributed by atoms with Gasteiger partial charge in [-0.2, -0.15) is 0 Å². The van der Waals surface area contributed by atoms with Crippen molar-refractivity contribution >= 4 is 11.9 Å². The van der Waals surface area contributed by atoms with Crippen molar-refractivity contribution in [2.24, 2.45) is 0 Å². The first kappa shape index (κ1) is 14.9. The van der Waals surface area contributed by atoms with Crippen molar-refractivity contribution in [3.63, 3.8) is 0 Å². The average molecular weight is 282 g/mol. The van der Waals surface area contributed by atoms with Crippen molar-refractivity contribution in [2.75, 3.05) is 6.61 Å². The van der Waals surface area contributed by atoms with Crippen molar-refractivity contribution in [3.8, 4) is 11.5 Å². The van der Waals surface area contributed by atoms with Gasteiger partial charge in [0.2, 0.25) is 0 Å². The number of ketones is 1. The van der Waals surface area contributed by atoms with E-state index in [0.717, 1.165) is 5.56 Å². The highest BCUT2D eigenvalue weighted by atomic mass is 16.5. The molecule has 0 saturated carbocycles. The Labute approximate surface area is 124 Å². The quantitative estimate of drug-likeness (QED) is 0.666. The Kier molecular flexibility index (Phi) is 4.77. The van der Waals surface area contributed by atoms with Crippen LogP contribution in [0.2, 0.25) is 0 Å². The number of benzene rings is 2. The number of aromatic hydroxyl groups is 1. The van der Waals surface area contributed by atoms with Gasteiger partial charge in [0.1, 0.15) is 0 Å². The molecule has 0 atom stereocenters. The molecule has 0 radical (unpaired) electrons. The van der Waals surface area contributed by atoms with Crippen molar-refractivity contribution in [1.29, 1.82) is 0 Å². The van der Waals surface area contributed by atoms with Crippen molar-refractivity contribution in [2.45, 2.75) is 13.8 Å². The first-order valence-electron chi connectivity index (χ1n) is 6.85. The van der Waals surface area contributed by atoms with E-state index >= 15 is 0 Å². The molecule has 0 aliphatic heterocycles. The molecule has 0 aliphatic rings. The number of phenols is 1. The van der Waals surface area contributed by atoms with Gasteiger partial charge in [0.05, 0.1) is 6.61 Å². The number of allylic oxidation sites excluding steroid dienone is 1. The second-order valence-electron chi connectivity index (χ2n) is 4.69. The molecule has 0 fully saturated rings. The number of aryl methyl sites for hydroxylation is 1. The van der Waals surface area contributed by atoms with E-state index in [0.29, 0.717) is 23.5 Å². The molecule has 0 aromatic heterocycles. The van der Waals surface area contributed by atoms with Gasteiger partial charge in [0, 0.05) is 11.1 Å². The Morgan fingerprint density at radius 1 is 1.19 bits per heavy atom. The van der Waals surface area contributed by atoms with Crippen LogP contribution in [0.4, 0.5) is 0 Å². The van der Waals surface area contributed by atoms with Crippen LogP contribution in [0.25, 0.3) is 6.08 Å². The number of hydrogen-bond donors (Lipinski definition) is 1. The summed E-state index contributed by atoms with van der Waals surface area (Å²) >= 11 is 0. The van der Waals surface area contributed by atoms with Gasteiger partial charge >= 0.3 is 0 Å². The predicted octanol–water partition coefficient (Wildman–Crippen LogP) is 4.00. The summed E-state index contributed by atoms with van der Waals surface area (Å²) in [4.78, 5) is 12.1. The Bertz CT molecular complexity index is 655. The lowest BCUT2D eigenvalue weighted by molar-refractivity contribution is 0.104. The number of hydrogen-bond acceptors (Lipinski definition) is 3. The van der Waals surface area contributed by atoms with Crippen LogP contribution >= 0.6 is 0 Å². The molecule has 0 saturated heterocycles. The second-order valence-corrected chi connectivity index (χ2v) is 4.69. The van der Waals surface area contributed by atoms with Crippen LogP contribution in [-0.2, 0) is 0 Å². The van der Waals surface area contributed by atoms with E-state index in [2.05, 4.69) is 0 Å². The fourth-order valence-corrected chi connectivity index (χ4v) is 1.93. The summed E-state index contributed by atoms with van der Waals surface area (Å²) in [6, 6.07) is 12.6. The van der Waals surface area contributed by atoms with Crippen molar-refractivity contribution in [3.05, 3.63) is 65.2 Å². The monoisotopic (exact) mass is 282 g/mol. The minimum Gasteiger partial charge on any atom is -0.504 e. The maximum Gasteiger partial charge on any atom is 0.185 e. The van der Waals surface area contributed by atoms with Gasteiger partial charge in [0.15, 0.2) is 17.3 Å². The minimum absolute atomic E-state index is 0.0484. The molecule has 2 aromatic rings. The summed E-state index contributed by atoms with van der Waals surface area (Å²) in [5.74, 6) is 0.367. The third-order valence-corrected chi connectivity index (χ3v) is 3.08. The van der Waals surface area contributed by atoms with Crippen molar-refractivity contribution < 1.29 is 14.6 Å². The van der Waals surface area contributed by atoms with E-state index in [4.69, 9.17) is 4.74 Å². The van der Waals surface area contributed by atoms with Crippen LogP contribution in [-0.4, -0.2) is 17.5 Å². The number of phenolic OH excluding ortho intramolecular Hbond substituents is 1. The second kappa shape index (κ2) is 6.75. The van der Waals surface area contributed by atoms with Crippen molar-refractivity contribution in [1.82, 2.24) is 0 Å². The molecule has 0 spiro atoms. The number of rotatable bonds is 5. The summed E-state index contributed by atoms with van der Waals surface area (Å²) in [6.07, 6.45) is 3.05. The van der Waals surface area contributed by atoms with Gasteiger partial charge in [-0.25, -0.2) is 0 Å². The predicted molar refractivity (Wildman–Crippen MR) is 83.8 cm³/mol. The smallest absolute Gasteiger partial charge is 0.185 e. The molecule has 0 aliphatic carbocycles. The largest absolute Gasteiger partial charge is 0.504 e. The third kappa shape index (κ3) is 3.72. The SMILES string of the molecule is CCOc1cccc(C=CC(=O)c2ccc(C)cc2)c1O. The number of ether oxygens (including phenoxy) is 1. The van der Waals surface area contributed by atoms with Crippen LogP contribution in [0.1, 0.15) is 28.4 Å². The lowest BCUT2D eigenvalue weighted by Gasteiger charge is -2.07. The molecule has 0 heterocycles. The summed E-state index contributed by atoms with van der Waals surface area (Å²) in [6.45, 7) is 4.30. The zero-order valence-electron chi connectivity index (χ0n) is 12.2. The lowest BCUT2D eigenvalue weighted by atomic mass is 10.1. The molecule has 3 nitrogen and oxygen atoms in total. The van der Waals surface area contributed by atoms with Crippen LogP contribution in [0.5, 0.6) is 11.5 Å². The molecule has 0 bridgehead atoms. The summed E-state index contributed by atoms with van der Waals surface area (Å²) in [7, 11) is 0. The molecule has 2 aromatic carbocycles. The Morgan fingerprint density at radius 2 is 1.90 bits per heavy atom. The van der Waals surface area contributed by atoms with Gasteiger partial charge in [-0.1, -0.05) is 42.0 Å². The first-order chi connectivity index (χ1) is 10.1. The van der Waals surface area contributed by atoms with Crippen LogP contribution in [0.3, 0.4) is 0 Å². The van der Waals surface area contributed by atoms with E-state index in [9.17, 15) is 9.90 Å². The Morgan fingerprint density at radius 3 is 2.57 bits per heavy atom. The molecular formula is C18H18O3. The van der Waals surface area contributed by atoms with Gasteiger partial charge in [-0.15, -0.1) is 0 Å². The standard InChI is InChI=1S/C18H18O3/c1-3-21-17-6-4-5-15(18(17)20)11-12-16(19)14-9-7-13(2)8-10-14/h4-12,20H,3H2,1-2H3. The zero-order chi connectivity index (χ0) is 15.2. The molecule has 0 unspecified atom stereocenters. The van der Waals surface area contributed by atoms with E-state index in [1.54, 1.807) is 36.4 Å².